The monoisotopic (exact) mass is 207 g/mol. The Morgan fingerprint density at radius 1 is 1.27 bits per heavy atom. The van der Waals surface area contributed by atoms with E-state index in [9.17, 15) is 0 Å². The molecule has 0 saturated heterocycles. The van der Waals surface area contributed by atoms with Crippen molar-refractivity contribution in [2.24, 2.45) is 11.8 Å². The second-order valence-electron chi connectivity index (χ2n) is 4.32. The first kappa shape index (κ1) is 12.0. The van der Waals surface area contributed by atoms with Gasteiger partial charge in [0.05, 0.1) is 6.67 Å². The molecule has 0 unspecified atom stereocenters. The zero-order valence-corrected chi connectivity index (χ0v) is 9.83. The van der Waals surface area contributed by atoms with Crippen LogP contribution in [0.5, 0.6) is 0 Å². The highest BCUT2D eigenvalue weighted by Crippen LogP contribution is 2.15. The molecule has 15 heavy (non-hydrogen) atoms. The van der Waals surface area contributed by atoms with Crippen molar-refractivity contribution in [2.75, 3.05) is 18.6 Å². The van der Waals surface area contributed by atoms with E-state index in [0.717, 1.165) is 6.42 Å². The van der Waals surface area contributed by atoms with Gasteiger partial charge in [-0.1, -0.05) is 26.0 Å². The molecule has 84 valence electrons. The summed E-state index contributed by atoms with van der Waals surface area (Å²) >= 11 is 0. The lowest BCUT2D eigenvalue weighted by Gasteiger charge is -2.18. The maximum Gasteiger partial charge on any atom is 0.0805 e. The van der Waals surface area contributed by atoms with Gasteiger partial charge in [0.2, 0.25) is 0 Å². The maximum atomic E-state index is 5.27. The van der Waals surface area contributed by atoms with Crippen molar-refractivity contribution < 1.29 is 0 Å². The van der Waals surface area contributed by atoms with Crippen LogP contribution in [0.1, 0.15) is 19.4 Å². The molecule has 0 bridgehead atoms. The fourth-order valence-corrected chi connectivity index (χ4v) is 1.59. The molecule has 0 aliphatic rings. The average Bonchev–Trinajstić information content (AvgIpc) is 2.18. The smallest absolute Gasteiger partial charge is 0.0805 e. The molecule has 0 spiro atoms. The lowest BCUT2D eigenvalue weighted by molar-refractivity contribution is 0.647. The maximum absolute atomic E-state index is 5.27. The molecule has 0 saturated carbocycles. The predicted octanol–water partition coefficient (Wildman–Crippen LogP) is 1.74. The second kappa shape index (κ2) is 5.73. The molecular formula is C12H21N3. The average molecular weight is 207 g/mol. The summed E-state index contributed by atoms with van der Waals surface area (Å²) in [6.45, 7) is 5.13. The third-order valence-electron chi connectivity index (χ3n) is 2.35. The van der Waals surface area contributed by atoms with Gasteiger partial charge in [-0.05, 0) is 30.0 Å². The molecule has 0 aromatic heterocycles. The lowest BCUT2D eigenvalue weighted by Crippen LogP contribution is -2.35. The molecule has 1 aromatic rings. The Kier molecular flexibility index (Phi) is 4.59. The Bertz CT molecular complexity index is 279. The van der Waals surface area contributed by atoms with Gasteiger partial charge in [0.15, 0.2) is 0 Å². The number of benzene rings is 1. The first-order valence-electron chi connectivity index (χ1n) is 5.37. The molecule has 3 N–H and O–H groups in total. The Balaban J connectivity index is 2.63. The van der Waals surface area contributed by atoms with E-state index in [2.05, 4.69) is 48.4 Å². The fraction of sp³-hybridized carbons (Fsp3) is 0.500. The normalized spacial score (nSPS) is 10.7. The minimum atomic E-state index is 0.656. The predicted molar refractivity (Wildman–Crippen MR) is 65.6 cm³/mol. The highest BCUT2D eigenvalue weighted by Gasteiger charge is 2.00. The van der Waals surface area contributed by atoms with Crippen molar-refractivity contribution in [1.82, 2.24) is 5.43 Å². The SMILES string of the molecule is CC(C)Cc1ccc(N(C)CNN)cc1. The van der Waals surface area contributed by atoms with E-state index in [-0.39, 0.29) is 0 Å². The molecule has 0 amide bonds. The van der Waals surface area contributed by atoms with Crippen LogP contribution in [-0.2, 0) is 6.42 Å². The van der Waals surface area contributed by atoms with E-state index in [0.29, 0.717) is 12.6 Å². The number of anilines is 1. The van der Waals surface area contributed by atoms with Gasteiger partial charge in [-0.25, -0.2) is 5.43 Å². The van der Waals surface area contributed by atoms with Crippen LogP contribution in [0.25, 0.3) is 0 Å². The number of hydrogen-bond acceptors (Lipinski definition) is 3. The quantitative estimate of drug-likeness (QED) is 0.439. The molecule has 0 atom stereocenters. The molecule has 3 heteroatoms. The third kappa shape index (κ3) is 3.90. The van der Waals surface area contributed by atoms with Crippen molar-refractivity contribution in [3.8, 4) is 0 Å². The van der Waals surface area contributed by atoms with E-state index in [1.807, 2.05) is 7.05 Å². The molecule has 3 nitrogen and oxygen atoms in total. The summed E-state index contributed by atoms with van der Waals surface area (Å²) in [5, 5.41) is 0. The highest BCUT2D eigenvalue weighted by atomic mass is 15.3. The number of hydrazine groups is 1. The van der Waals surface area contributed by atoms with E-state index in [4.69, 9.17) is 5.84 Å². The lowest BCUT2D eigenvalue weighted by atomic mass is 10.0. The molecule has 0 radical (unpaired) electrons. The summed E-state index contributed by atoms with van der Waals surface area (Å²) in [5.41, 5.74) is 5.21. The first-order valence-corrected chi connectivity index (χ1v) is 5.37. The van der Waals surface area contributed by atoms with Crippen LogP contribution in [0.3, 0.4) is 0 Å². The highest BCUT2D eigenvalue weighted by molar-refractivity contribution is 5.46. The number of hydrogen-bond donors (Lipinski definition) is 2. The zero-order valence-electron chi connectivity index (χ0n) is 9.83. The van der Waals surface area contributed by atoms with Gasteiger partial charge in [-0.3, -0.25) is 5.84 Å². The first-order chi connectivity index (χ1) is 7.13. The Hall–Kier alpha value is -1.06. The Labute approximate surface area is 92.2 Å². The number of nitrogens with two attached hydrogens (primary N) is 1. The standard InChI is InChI=1S/C12H21N3/c1-10(2)8-11-4-6-12(7-5-11)15(3)9-14-13/h4-7,10,14H,8-9,13H2,1-3H3. The molecule has 0 heterocycles. The van der Waals surface area contributed by atoms with Gasteiger partial charge in [0, 0.05) is 12.7 Å². The molecule has 1 rings (SSSR count). The summed E-state index contributed by atoms with van der Waals surface area (Å²) < 4.78 is 0. The van der Waals surface area contributed by atoms with Gasteiger partial charge in [0.1, 0.15) is 0 Å². The van der Waals surface area contributed by atoms with Crippen LogP contribution in [0.15, 0.2) is 24.3 Å². The molecule has 0 aliphatic heterocycles. The summed E-state index contributed by atoms with van der Waals surface area (Å²) in [6.07, 6.45) is 1.14. The molecule has 0 aliphatic carbocycles. The summed E-state index contributed by atoms with van der Waals surface area (Å²) in [4.78, 5) is 2.07. The van der Waals surface area contributed by atoms with Gasteiger partial charge >= 0.3 is 0 Å². The van der Waals surface area contributed by atoms with E-state index in [1.165, 1.54) is 11.3 Å². The van der Waals surface area contributed by atoms with Crippen molar-refractivity contribution in [3.63, 3.8) is 0 Å². The molecular weight excluding hydrogens is 186 g/mol. The Morgan fingerprint density at radius 2 is 1.87 bits per heavy atom. The van der Waals surface area contributed by atoms with Crippen LogP contribution in [0.2, 0.25) is 0 Å². The van der Waals surface area contributed by atoms with Crippen molar-refractivity contribution >= 4 is 5.69 Å². The van der Waals surface area contributed by atoms with E-state index in [1.54, 1.807) is 0 Å². The minimum Gasteiger partial charge on any atom is -0.361 e. The van der Waals surface area contributed by atoms with Gasteiger partial charge in [0.25, 0.3) is 0 Å². The fourth-order valence-electron chi connectivity index (χ4n) is 1.59. The summed E-state index contributed by atoms with van der Waals surface area (Å²) in [6, 6.07) is 8.63. The largest absolute Gasteiger partial charge is 0.361 e. The molecule has 0 fully saturated rings. The van der Waals surface area contributed by atoms with Crippen LogP contribution in [-0.4, -0.2) is 13.7 Å². The Morgan fingerprint density at radius 3 is 2.33 bits per heavy atom. The van der Waals surface area contributed by atoms with Crippen LogP contribution >= 0.6 is 0 Å². The van der Waals surface area contributed by atoms with Gasteiger partial charge in [-0.15, -0.1) is 0 Å². The van der Waals surface area contributed by atoms with Crippen LogP contribution in [0.4, 0.5) is 5.69 Å². The molecule has 1 aromatic carbocycles. The van der Waals surface area contributed by atoms with Crippen molar-refractivity contribution in [2.45, 2.75) is 20.3 Å². The zero-order chi connectivity index (χ0) is 11.3. The number of nitrogens with one attached hydrogen (secondary N) is 1. The van der Waals surface area contributed by atoms with Crippen LogP contribution in [0, 0.1) is 5.92 Å². The second-order valence-corrected chi connectivity index (χ2v) is 4.32. The topological polar surface area (TPSA) is 41.3 Å². The van der Waals surface area contributed by atoms with E-state index < -0.39 is 0 Å². The van der Waals surface area contributed by atoms with Crippen molar-refractivity contribution in [3.05, 3.63) is 29.8 Å². The summed E-state index contributed by atoms with van der Waals surface area (Å²) in [7, 11) is 2.01. The summed E-state index contributed by atoms with van der Waals surface area (Å²) in [5.74, 6) is 5.98. The minimum absolute atomic E-state index is 0.656. The van der Waals surface area contributed by atoms with Gasteiger partial charge < -0.3 is 4.90 Å². The number of nitrogens with zero attached hydrogens (tertiary/aromatic N) is 1. The van der Waals surface area contributed by atoms with Crippen molar-refractivity contribution in [1.29, 1.82) is 0 Å². The third-order valence-corrected chi connectivity index (χ3v) is 2.35. The van der Waals surface area contributed by atoms with Crippen LogP contribution < -0.4 is 16.2 Å². The number of rotatable bonds is 5. The van der Waals surface area contributed by atoms with E-state index >= 15 is 0 Å². The van der Waals surface area contributed by atoms with Gasteiger partial charge in [-0.2, -0.15) is 0 Å².